The number of fused-ring (bicyclic) bond motifs is 3. The molecule has 10 nitrogen and oxygen atoms in total. The van der Waals surface area contributed by atoms with Crippen LogP contribution >= 0.6 is 11.8 Å². The quantitative estimate of drug-likeness (QED) is 0.0324. The number of hydrogen-bond acceptors (Lipinski definition) is 8. The fourth-order valence-corrected chi connectivity index (χ4v) is 11.7. The van der Waals surface area contributed by atoms with Crippen molar-refractivity contribution in [1.82, 2.24) is 21.3 Å². The van der Waals surface area contributed by atoms with Gasteiger partial charge in [-0.15, -0.1) is 11.8 Å². The van der Waals surface area contributed by atoms with E-state index in [1.54, 1.807) is 18.8 Å². The van der Waals surface area contributed by atoms with Crippen LogP contribution in [0.3, 0.4) is 0 Å². The number of ether oxygens (including phenoxy) is 1. The van der Waals surface area contributed by atoms with E-state index in [1.807, 2.05) is 92.7 Å². The average molecular weight is 935 g/mol. The number of Topliss-reactive ketones (excluding diaryl/α,β-unsaturated/α-hetero) is 2. The van der Waals surface area contributed by atoms with Crippen LogP contribution in [0.5, 0.6) is 0 Å². The van der Waals surface area contributed by atoms with Crippen molar-refractivity contribution in [3.63, 3.8) is 0 Å². The van der Waals surface area contributed by atoms with Crippen molar-refractivity contribution < 1.29 is 28.7 Å². The first-order chi connectivity index (χ1) is 32.8. The summed E-state index contributed by atoms with van der Waals surface area (Å²) in [6.07, 6.45) is 2.06. The molecule has 68 heavy (non-hydrogen) atoms. The molecule has 0 spiro atoms. The van der Waals surface area contributed by atoms with E-state index in [0.29, 0.717) is 38.6 Å². The number of benzene rings is 5. The van der Waals surface area contributed by atoms with E-state index in [0.717, 1.165) is 38.9 Å². The lowest BCUT2D eigenvalue weighted by molar-refractivity contribution is -0.141. The standard InChI is InChI=1S/C57H66N4O6S/c1-38(2)33-48(52-50(62)34-56(3,4)35-51(52)63)59-32-20-19-31-47(61-55(66)67-36-46-44-29-17-15-27-42(44)43-28-16-18-30-45(43)46)54(65)60-49(53(64)58-5)37-68-57(39-21-9-6-10-22-39,40-23-11-7-12-24-40)41-25-13-8-14-26-41/h6-18,21-30,38,46-49,52,59H,19-20,31-37H2,1-5H3,(H,58,64)(H,60,65)(H,61,66). The summed E-state index contributed by atoms with van der Waals surface area (Å²) in [6, 6.07) is 44.4. The zero-order valence-corrected chi connectivity index (χ0v) is 40.8. The molecule has 7 rings (SSSR count). The van der Waals surface area contributed by atoms with Crippen molar-refractivity contribution >= 4 is 41.2 Å². The molecule has 3 atom stereocenters. The lowest BCUT2D eigenvalue weighted by atomic mass is 9.68. The summed E-state index contributed by atoms with van der Waals surface area (Å²) >= 11 is 1.56. The third-order valence-corrected chi connectivity index (χ3v) is 14.9. The third kappa shape index (κ3) is 11.8. The highest BCUT2D eigenvalue weighted by Gasteiger charge is 2.44. The maximum atomic E-state index is 14.6. The molecule has 0 radical (unpaired) electrons. The first-order valence-corrected chi connectivity index (χ1v) is 25.0. The van der Waals surface area contributed by atoms with Crippen LogP contribution in [0.2, 0.25) is 0 Å². The predicted molar refractivity (Wildman–Crippen MR) is 271 cm³/mol. The molecule has 4 N–H and O–H groups in total. The van der Waals surface area contributed by atoms with Crippen molar-refractivity contribution in [1.29, 1.82) is 0 Å². The van der Waals surface area contributed by atoms with E-state index in [2.05, 4.69) is 95.8 Å². The number of likely N-dealkylation sites (N-methyl/N-ethyl adjacent to an activating group) is 1. The summed E-state index contributed by atoms with van der Waals surface area (Å²) in [5.74, 6) is -1.29. The van der Waals surface area contributed by atoms with Gasteiger partial charge in [0.1, 0.15) is 30.3 Å². The molecule has 0 bridgehead atoms. The molecular weight excluding hydrogens is 869 g/mol. The van der Waals surface area contributed by atoms with Crippen molar-refractivity contribution in [2.45, 2.75) is 95.0 Å². The van der Waals surface area contributed by atoms with E-state index in [4.69, 9.17) is 4.74 Å². The van der Waals surface area contributed by atoms with Gasteiger partial charge in [0.25, 0.3) is 0 Å². The van der Waals surface area contributed by atoms with Crippen LogP contribution in [-0.4, -0.2) is 73.6 Å². The predicted octanol–water partition coefficient (Wildman–Crippen LogP) is 9.60. The zero-order chi connectivity index (χ0) is 48.3. The summed E-state index contributed by atoms with van der Waals surface area (Å²) < 4.78 is 5.19. The molecule has 3 unspecified atom stereocenters. The summed E-state index contributed by atoms with van der Waals surface area (Å²) in [6.45, 7) is 8.69. The van der Waals surface area contributed by atoms with Gasteiger partial charge >= 0.3 is 6.09 Å². The Labute approximate surface area is 406 Å². The first kappa shape index (κ1) is 49.9. The Balaban J connectivity index is 1.09. The fourth-order valence-electron chi connectivity index (χ4n) is 10.1. The van der Waals surface area contributed by atoms with Crippen molar-refractivity contribution in [2.75, 3.05) is 26.0 Å². The number of rotatable bonds is 21. The Morgan fingerprint density at radius 3 is 1.68 bits per heavy atom. The lowest BCUT2D eigenvalue weighted by Gasteiger charge is -2.36. The van der Waals surface area contributed by atoms with Gasteiger partial charge in [-0.05, 0) is 82.5 Å². The van der Waals surface area contributed by atoms with Gasteiger partial charge in [0.2, 0.25) is 11.8 Å². The van der Waals surface area contributed by atoms with Crippen LogP contribution < -0.4 is 21.3 Å². The highest BCUT2D eigenvalue weighted by molar-refractivity contribution is 8.00. The van der Waals surface area contributed by atoms with Crippen LogP contribution in [0.25, 0.3) is 11.1 Å². The van der Waals surface area contributed by atoms with E-state index in [1.165, 1.54) is 0 Å². The number of carbonyl (C=O) groups excluding carboxylic acids is 5. The second kappa shape index (κ2) is 22.8. The largest absolute Gasteiger partial charge is 0.449 e. The second-order valence-corrected chi connectivity index (χ2v) is 20.6. The topological polar surface area (TPSA) is 143 Å². The molecule has 356 valence electrons. The van der Waals surface area contributed by atoms with Gasteiger partial charge in [0, 0.05) is 37.6 Å². The van der Waals surface area contributed by atoms with Crippen LogP contribution in [0.4, 0.5) is 4.79 Å². The lowest BCUT2D eigenvalue weighted by Crippen LogP contribution is -2.54. The number of alkyl carbamates (subject to hydrolysis) is 1. The van der Waals surface area contributed by atoms with Crippen LogP contribution in [-0.2, 0) is 28.7 Å². The monoisotopic (exact) mass is 934 g/mol. The Bertz CT molecular complexity index is 2350. The van der Waals surface area contributed by atoms with Crippen LogP contribution in [0.15, 0.2) is 140 Å². The number of ketones is 2. The van der Waals surface area contributed by atoms with Crippen LogP contribution in [0, 0.1) is 17.3 Å². The molecule has 5 aromatic rings. The summed E-state index contributed by atoms with van der Waals surface area (Å²) in [5.41, 5.74) is 7.07. The number of thioether (sulfide) groups is 1. The maximum absolute atomic E-state index is 14.6. The Morgan fingerprint density at radius 2 is 1.18 bits per heavy atom. The van der Waals surface area contributed by atoms with E-state index in [9.17, 15) is 24.0 Å². The van der Waals surface area contributed by atoms with E-state index < -0.39 is 34.7 Å². The Hall–Kier alpha value is -6.04. The number of amides is 3. The van der Waals surface area contributed by atoms with Gasteiger partial charge in [-0.3, -0.25) is 19.2 Å². The summed E-state index contributed by atoms with van der Waals surface area (Å²) in [7, 11) is 1.55. The molecular formula is C57H66N4O6S. The number of unbranched alkanes of at least 4 members (excludes halogenated alkanes) is 1. The number of hydrogen-bond donors (Lipinski definition) is 4. The second-order valence-electron chi connectivity index (χ2n) is 19.4. The number of carbonyl (C=O) groups is 5. The minimum absolute atomic E-state index is 0.00851. The van der Waals surface area contributed by atoms with E-state index in [-0.39, 0.29) is 59.5 Å². The molecule has 0 saturated heterocycles. The molecule has 1 fully saturated rings. The van der Waals surface area contributed by atoms with Crippen molar-refractivity contribution in [2.24, 2.45) is 17.3 Å². The molecule has 0 aromatic heterocycles. The highest BCUT2D eigenvalue weighted by atomic mass is 32.2. The van der Waals surface area contributed by atoms with Gasteiger partial charge in [0.15, 0.2) is 0 Å². The van der Waals surface area contributed by atoms with Gasteiger partial charge in [-0.1, -0.05) is 167 Å². The summed E-state index contributed by atoms with van der Waals surface area (Å²) in [5, 5.41) is 12.2. The minimum atomic E-state index is -1.04. The molecule has 0 aliphatic heterocycles. The molecule has 0 heterocycles. The SMILES string of the molecule is CNC(=O)C(CSC(c1ccccc1)(c1ccccc1)c1ccccc1)NC(=O)C(CCCCNC(CC(C)C)C1C(=O)CC(C)(C)CC1=O)NC(=O)OCC1c2ccccc2-c2ccccc21. The Morgan fingerprint density at radius 1 is 0.676 bits per heavy atom. The average Bonchev–Trinajstić information content (AvgIpc) is 3.65. The highest BCUT2D eigenvalue weighted by Crippen LogP contribution is 2.49. The van der Waals surface area contributed by atoms with Gasteiger partial charge in [0.05, 0.1) is 10.7 Å². The first-order valence-electron chi connectivity index (χ1n) is 24.0. The molecule has 11 heteroatoms. The smallest absolute Gasteiger partial charge is 0.407 e. The normalized spacial score (nSPS) is 16.0. The van der Waals surface area contributed by atoms with Crippen molar-refractivity contribution in [3.8, 4) is 11.1 Å². The van der Waals surface area contributed by atoms with Gasteiger partial charge in [-0.25, -0.2) is 4.79 Å². The number of nitrogens with one attached hydrogen (secondary N) is 4. The molecule has 2 aliphatic carbocycles. The summed E-state index contributed by atoms with van der Waals surface area (Å²) in [4.78, 5) is 68.9. The van der Waals surface area contributed by atoms with Gasteiger partial charge in [-0.2, -0.15) is 0 Å². The van der Waals surface area contributed by atoms with Crippen LogP contribution in [0.1, 0.15) is 100.0 Å². The fraction of sp³-hybridized carbons (Fsp3) is 0.386. The Kier molecular flexibility index (Phi) is 16.7. The van der Waals surface area contributed by atoms with Gasteiger partial charge < -0.3 is 26.0 Å². The maximum Gasteiger partial charge on any atom is 0.407 e. The molecule has 1 saturated carbocycles. The zero-order valence-electron chi connectivity index (χ0n) is 40.0. The molecule has 2 aliphatic rings. The van der Waals surface area contributed by atoms with Crippen molar-refractivity contribution in [3.05, 3.63) is 167 Å². The minimum Gasteiger partial charge on any atom is -0.449 e. The third-order valence-electron chi connectivity index (χ3n) is 13.3. The molecule has 3 amide bonds. The molecule has 5 aromatic carbocycles. The van der Waals surface area contributed by atoms with E-state index >= 15 is 0 Å².